The van der Waals surface area contributed by atoms with E-state index in [1.54, 1.807) is 0 Å². The average Bonchev–Trinajstić information content (AvgIpc) is 3.47. The van der Waals surface area contributed by atoms with Crippen molar-refractivity contribution in [3.8, 4) is 0 Å². The zero-order chi connectivity index (χ0) is 58.5. The fraction of sp³-hybridized carbons (Fsp3) is 0.720. The molecule has 0 aromatic rings. The Balaban J connectivity index is 4.40. The Bertz CT molecular complexity index is 1620. The molecule has 0 radical (unpaired) electrons. The fourth-order valence-electron chi connectivity index (χ4n) is 9.59. The zero-order valence-electron chi connectivity index (χ0n) is 53.3. The molecule has 0 heterocycles. The first-order chi connectivity index (χ1) is 40.0. The first-order valence-electron chi connectivity index (χ1n) is 34.4. The van der Waals surface area contributed by atoms with Crippen molar-refractivity contribution in [2.24, 2.45) is 0 Å². The molecule has 0 N–H and O–H groups in total. The van der Waals surface area contributed by atoms with Gasteiger partial charge < -0.3 is 14.2 Å². The van der Waals surface area contributed by atoms with Crippen molar-refractivity contribution >= 4 is 17.9 Å². The molecular formula is C75H128O6. The lowest BCUT2D eigenvalue weighted by molar-refractivity contribution is -0.167. The summed E-state index contributed by atoms with van der Waals surface area (Å²) in [7, 11) is 0. The Morgan fingerprint density at radius 1 is 0.259 bits per heavy atom. The first kappa shape index (κ1) is 77.1. The van der Waals surface area contributed by atoms with Crippen molar-refractivity contribution in [1.29, 1.82) is 0 Å². The lowest BCUT2D eigenvalue weighted by atomic mass is 10.0. The van der Waals surface area contributed by atoms with Gasteiger partial charge in [-0.15, -0.1) is 0 Å². The summed E-state index contributed by atoms with van der Waals surface area (Å²) in [6, 6.07) is 0. The van der Waals surface area contributed by atoms with E-state index in [4.69, 9.17) is 14.2 Å². The van der Waals surface area contributed by atoms with Crippen LogP contribution < -0.4 is 0 Å². The highest BCUT2D eigenvalue weighted by Crippen LogP contribution is 2.16. The molecule has 0 bridgehead atoms. The zero-order valence-corrected chi connectivity index (χ0v) is 53.3. The van der Waals surface area contributed by atoms with Crippen LogP contribution in [0.15, 0.2) is 109 Å². The van der Waals surface area contributed by atoms with Crippen LogP contribution in [-0.4, -0.2) is 37.2 Å². The Hall–Kier alpha value is -3.93. The van der Waals surface area contributed by atoms with Gasteiger partial charge in [-0.1, -0.05) is 291 Å². The van der Waals surface area contributed by atoms with Gasteiger partial charge in [0.05, 0.1) is 0 Å². The van der Waals surface area contributed by atoms with Gasteiger partial charge in [0.15, 0.2) is 6.10 Å². The van der Waals surface area contributed by atoms with Crippen molar-refractivity contribution in [1.82, 2.24) is 0 Å². The molecule has 0 aliphatic carbocycles. The van der Waals surface area contributed by atoms with Crippen molar-refractivity contribution in [3.05, 3.63) is 109 Å². The number of ether oxygens (including phenoxy) is 3. The molecule has 0 spiro atoms. The lowest BCUT2D eigenvalue weighted by Gasteiger charge is -2.18. The number of unbranched alkanes of at least 4 members (excludes halogenated alkanes) is 33. The quantitative estimate of drug-likeness (QED) is 0.0261. The predicted molar refractivity (Wildman–Crippen MR) is 353 cm³/mol. The lowest BCUT2D eigenvalue weighted by Crippen LogP contribution is -2.30. The van der Waals surface area contributed by atoms with Crippen LogP contribution in [-0.2, 0) is 28.6 Å². The van der Waals surface area contributed by atoms with Crippen LogP contribution in [0.1, 0.15) is 329 Å². The van der Waals surface area contributed by atoms with Crippen LogP contribution >= 0.6 is 0 Å². The van der Waals surface area contributed by atoms with Gasteiger partial charge in [-0.25, -0.2) is 0 Å². The van der Waals surface area contributed by atoms with Crippen molar-refractivity contribution < 1.29 is 28.6 Å². The molecule has 464 valence electrons. The molecule has 0 aromatic carbocycles. The summed E-state index contributed by atoms with van der Waals surface area (Å²) in [5.41, 5.74) is 0. The van der Waals surface area contributed by atoms with E-state index < -0.39 is 6.10 Å². The highest BCUT2D eigenvalue weighted by atomic mass is 16.6. The highest BCUT2D eigenvalue weighted by molar-refractivity contribution is 5.71. The fourth-order valence-corrected chi connectivity index (χ4v) is 9.59. The Morgan fingerprint density at radius 3 is 0.790 bits per heavy atom. The number of hydrogen-bond donors (Lipinski definition) is 0. The maximum Gasteiger partial charge on any atom is 0.306 e. The largest absolute Gasteiger partial charge is 0.462 e. The molecule has 0 saturated heterocycles. The second kappa shape index (κ2) is 68.6. The van der Waals surface area contributed by atoms with E-state index in [9.17, 15) is 14.4 Å². The second-order valence-corrected chi connectivity index (χ2v) is 22.7. The molecule has 0 amide bonds. The Morgan fingerprint density at radius 2 is 0.481 bits per heavy atom. The highest BCUT2D eigenvalue weighted by Gasteiger charge is 2.19. The summed E-state index contributed by atoms with van der Waals surface area (Å²) >= 11 is 0. The molecule has 6 nitrogen and oxygen atoms in total. The van der Waals surface area contributed by atoms with Gasteiger partial charge >= 0.3 is 17.9 Å². The van der Waals surface area contributed by atoms with Gasteiger partial charge in [0.25, 0.3) is 0 Å². The molecule has 0 fully saturated rings. The van der Waals surface area contributed by atoms with Crippen LogP contribution in [0.3, 0.4) is 0 Å². The molecule has 0 aromatic heterocycles. The second-order valence-electron chi connectivity index (χ2n) is 22.7. The van der Waals surface area contributed by atoms with E-state index in [-0.39, 0.29) is 37.5 Å². The summed E-state index contributed by atoms with van der Waals surface area (Å²) in [4.78, 5) is 38.4. The number of hydrogen-bond acceptors (Lipinski definition) is 6. The molecule has 1 atom stereocenters. The van der Waals surface area contributed by atoms with E-state index in [1.165, 1.54) is 180 Å². The molecule has 0 saturated carbocycles. The Labute approximate surface area is 501 Å². The summed E-state index contributed by atoms with van der Waals surface area (Å²) in [5, 5.41) is 0. The van der Waals surface area contributed by atoms with E-state index >= 15 is 0 Å². The summed E-state index contributed by atoms with van der Waals surface area (Å²) < 4.78 is 17.0. The van der Waals surface area contributed by atoms with Crippen molar-refractivity contribution in [2.45, 2.75) is 335 Å². The summed E-state index contributed by atoms with van der Waals surface area (Å²) in [6.45, 7) is 6.49. The third-order valence-corrected chi connectivity index (χ3v) is 14.7. The third-order valence-electron chi connectivity index (χ3n) is 14.7. The molecular weight excluding hydrogens is 997 g/mol. The van der Waals surface area contributed by atoms with Crippen LogP contribution in [0.4, 0.5) is 0 Å². The van der Waals surface area contributed by atoms with Gasteiger partial charge in [0, 0.05) is 19.3 Å². The van der Waals surface area contributed by atoms with Crippen LogP contribution in [0.25, 0.3) is 0 Å². The van der Waals surface area contributed by atoms with E-state index in [1.807, 2.05) is 0 Å². The van der Waals surface area contributed by atoms with Crippen molar-refractivity contribution in [2.75, 3.05) is 13.2 Å². The monoisotopic (exact) mass is 1120 g/mol. The number of rotatable bonds is 62. The van der Waals surface area contributed by atoms with E-state index in [0.717, 1.165) is 109 Å². The molecule has 6 heteroatoms. The minimum atomic E-state index is -0.801. The normalized spacial score (nSPS) is 12.8. The molecule has 0 aliphatic rings. The minimum absolute atomic E-state index is 0.0930. The van der Waals surface area contributed by atoms with Crippen LogP contribution in [0.5, 0.6) is 0 Å². The Kier molecular flexibility index (Phi) is 65.2. The topological polar surface area (TPSA) is 78.9 Å². The molecule has 0 rings (SSSR count). The minimum Gasteiger partial charge on any atom is -0.462 e. The predicted octanol–water partition coefficient (Wildman–Crippen LogP) is 23.8. The maximum absolute atomic E-state index is 12.9. The maximum atomic E-state index is 12.9. The molecule has 1 unspecified atom stereocenters. The average molecular weight is 1130 g/mol. The summed E-state index contributed by atoms with van der Waals surface area (Å²) in [6.07, 6.45) is 93.9. The smallest absolute Gasteiger partial charge is 0.306 e. The third kappa shape index (κ3) is 66.8. The van der Waals surface area contributed by atoms with Gasteiger partial charge in [0.1, 0.15) is 13.2 Å². The van der Waals surface area contributed by atoms with Crippen LogP contribution in [0, 0.1) is 0 Å². The number of allylic oxidation sites excluding steroid dienone is 18. The SMILES string of the molecule is CC/C=C\C/C=C\C/C=C\C/C=C\C/C=C\CCCCCC(=O)OC(COC(=O)CCCCCCCCCCC/C=C\C/C=C\CCCCC)COC(=O)CCCCCCCCCCCCCCC/C=C\C/C=C\CCCCCCC. The van der Waals surface area contributed by atoms with Crippen LogP contribution in [0.2, 0.25) is 0 Å². The van der Waals surface area contributed by atoms with Gasteiger partial charge in [-0.3, -0.25) is 14.4 Å². The first-order valence-corrected chi connectivity index (χ1v) is 34.4. The van der Waals surface area contributed by atoms with E-state index in [0.29, 0.717) is 12.8 Å². The number of carbonyl (C=O) groups is 3. The molecule has 81 heavy (non-hydrogen) atoms. The number of carbonyl (C=O) groups excluding carboxylic acids is 3. The summed E-state index contributed by atoms with van der Waals surface area (Å²) in [5.74, 6) is -0.919. The van der Waals surface area contributed by atoms with Crippen molar-refractivity contribution in [3.63, 3.8) is 0 Å². The van der Waals surface area contributed by atoms with Gasteiger partial charge in [0.2, 0.25) is 0 Å². The van der Waals surface area contributed by atoms with Gasteiger partial charge in [-0.2, -0.15) is 0 Å². The number of esters is 3. The standard InChI is InChI=1S/C75H128O6/c1-4-7-10-13-16-19-22-25-28-31-34-35-36-37-38-39-42-44-47-50-53-56-59-62-65-68-74(77)80-71-72(81-75(78)69-66-63-60-57-54-51-48-45-41-33-30-27-24-21-18-15-12-9-6-3)70-79-73(76)67-64-61-58-55-52-49-46-43-40-32-29-26-23-20-17-14-11-8-5-2/h9,12,17-18,20-22,25-27,29-31,34,41,45,51,54,72H,4-8,10-11,13-16,19,23-24,28,32-33,35-40,42-44,46-50,52-53,55-71H2,1-3H3/b12-9-,20-17-,21-18-,25-22-,29-26-,30-27-,34-31-,45-41-,54-51-. The van der Waals surface area contributed by atoms with E-state index in [2.05, 4.69) is 130 Å². The molecule has 0 aliphatic heterocycles. The van der Waals surface area contributed by atoms with Gasteiger partial charge in [-0.05, 0) is 128 Å².